The number of rotatable bonds is 7. The lowest BCUT2D eigenvalue weighted by Gasteiger charge is -2.20. The van der Waals surface area contributed by atoms with E-state index in [0.29, 0.717) is 29.0 Å². The number of imidazole rings is 1. The number of benzene rings is 2. The van der Waals surface area contributed by atoms with E-state index in [0.717, 1.165) is 22.7 Å². The zero-order valence-electron chi connectivity index (χ0n) is 20.5. The number of carbonyl (C=O) groups excluding carboxylic acids is 1. The molecule has 2 aromatic carbocycles. The number of hydrogen-bond donors (Lipinski definition) is 2. The summed E-state index contributed by atoms with van der Waals surface area (Å²) in [6.45, 7) is 8.82. The Morgan fingerprint density at radius 1 is 0.971 bits per heavy atom. The zero-order chi connectivity index (χ0) is 24.4. The Balaban J connectivity index is 1.67. The number of para-hydroxylation sites is 1. The standard InChI is InChI=1S/C27H31N5O2/c1-16(2)20-8-7-9-21(17(3)4)25(20)31-27-30-22-14-18(10-11-24(22)32(27)6)34-19-12-13-29-23(15-19)26(33)28-5/h7-17H,1-6H3,(H,28,33)(H,30,31). The maximum Gasteiger partial charge on any atom is 0.269 e. The smallest absolute Gasteiger partial charge is 0.269 e. The van der Waals surface area contributed by atoms with Crippen molar-refractivity contribution in [2.45, 2.75) is 39.5 Å². The summed E-state index contributed by atoms with van der Waals surface area (Å²) in [7, 11) is 3.57. The fourth-order valence-electron chi connectivity index (χ4n) is 4.03. The minimum atomic E-state index is -0.260. The summed E-state index contributed by atoms with van der Waals surface area (Å²) >= 11 is 0. The summed E-state index contributed by atoms with van der Waals surface area (Å²) in [4.78, 5) is 20.8. The quantitative estimate of drug-likeness (QED) is 0.350. The van der Waals surface area contributed by atoms with E-state index < -0.39 is 0 Å². The van der Waals surface area contributed by atoms with Crippen LogP contribution in [0.2, 0.25) is 0 Å². The number of fused-ring (bicyclic) bond motifs is 1. The van der Waals surface area contributed by atoms with Crippen molar-refractivity contribution >= 4 is 28.6 Å². The lowest BCUT2D eigenvalue weighted by Crippen LogP contribution is -2.18. The Bertz CT molecular complexity index is 1310. The lowest BCUT2D eigenvalue weighted by molar-refractivity contribution is 0.0958. The molecule has 0 unspecified atom stereocenters. The summed E-state index contributed by atoms with van der Waals surface area (Å²) in [6, 6.07) is 15.6. The predicted molar refractivity (Wildman–Crippen MR) is 136 cm³/mol. The van der Waals surface area contributed by atoms with Crippen molar-refractivity contribution in [3.63, 3.8) is 0 Å². The second kappa shape index (κ2) is 9.55. The molecule has 0 fully saturated rings. The van der Waals surface area contributed by atoms with Crippen LogP contribution in [0.4, 0.5) is 11.6 Å². The third-order valence-corrected chi connectivity index (χ3v) is 5.89. The number of aromatic nitrogens is 3. The molecule has 7 nitrogen and oxygen atoms in total. The van der Waals surface area contributed by atoms with Crippen molar-refractivity contribution in [2.24, 2.45) is 7.05 Å². The van der Waals surface area contributed by atoms with Crippen LogP contribution in [-0.2, 0) is 7.05 Å². The number of carbonyl (C=O) groups is 1. The predicted octanol–water partition coefficient (Wildman–Crippen LogP) is 6.11. The van der Waals surface area contributed by atoms with Gasteiger partial charge in [0.15, 0.2) is 0 Å². The summed E-state index contributed by atoms with van der Waals surface area (Å²) in [5, 5.41) is 6.19. The van der Waals surface area contributed by atoms with Crippen LogP contribution in [0.15, 0.2) is 54.7 Å². The van der Waals surface area contributed by atoms with Crippen molar-refractivity contribution in [3.8, 4) is 11.5 Å². The molecule has 0 aliphatic heterocycles. The minimum absolute atomic E-state index is 0.260. The van der Waals surface area contributed by atoms with Crippen LogP contribution in [0.1, 0.15) is 61.1 Å². The molecule has 2 aromatic heterocycles. The van der Waals surface area contributed by atoms with Gasteiger partial charge in [-0.05, 0) is 41.2 Å². The van der Waals surface area contributed by atoms with Crippen LogP contribution in [-0.4, -0.2) is 27.5 Å². The molecule has 0 spiro atoms. The molecule has 0 atom stereocenters. The van der Waals surface area contributed by atoms with Gasteiger partial charge in [0.05, 0.1) is 11.0 Å². The highest BCUT2D eigenvalue weighted by Crippen LogP contribution is 2.35. The van der Waals surface area contributed by atoms with Crippen molar-refractivity contribution in [1.29, 1.82) is 0 Å². The molecule has 7 heteroatoms. The number of amides is 1. The molecule has 176 valence electrons. The Hall–Kier alpha value is -3.87. The summed E-state index contributed by atoms with van der Waals surface area (Å²) < 4.78 is 8.05. The van der Waals surface area contributed by atoms with Crippen molar-refractivity contribution in [2.75, 3.05) is 12.4 Å². The number of nitrogens with one attached hydrogen (secondary N) is 2. The molecule has 0 aliphatic carbocycles. The molecule has 2 N–H and O–H groups in total. The fourth-order valence-corrected chi connectivity index (χ4v) is 4.03. The van der Waals surface area contributed by atoms with E-state index in [1.54, 1.807) is 25.4 Å². The minimum Gasteiger partial charge on any atom is -0.457 e. The van der Waals surface area contributed by atoms with Crippen LogP contribution < -0.4 is 15.4 Å². The van der Waals surface area contributed by atoms with E-state index in [1.807, 2.05) is 25.2 Å². The van der Waals surface area contributed by atoms with Crippen LogP contribution in [0.5, 0.6) is 11.5 Å². The first-order chi connectivity index (χ1) is 16.3. The van der Waals surface area contributed by atoms with Gasteiger partial charge in [-0.25, -0.2) is 4.98 Å². The molecule has 0 saturated carbocycles. The van der Waals surface area contributed by atoms with E-state index in [1.165, 1.54) is 11.1 Å². The lowest BCUT2D eigenvalue weighted by atomic mass is 9.93. The molecule has 0 radical (unpaired) electrons. The van der Waals surface area contributed by atoms with Gasteiger partial charge in [-0.1, -0.05) is 45.9 Å². The average Bonchev–Trinajstić information content (AvgIpc) is 3.12. The second-order valence-electron chi connectivity index (χ2n) is 8.95. The maximum absolute atomic E-state index is 11.9. The van der Waals surface area contributed by atoms with E-state index in [9.17, 15) is 4.79 Å². The van der Waals surface area contributed by atoms with E-state index in [-0.39, 0.29) is 5.91 Å². The normalized spacial score (nSPS) is 11.3. The van der Waals surface area contributed by atoms with Gasteiger partial charge < -0.3 is 19.9 Å². The van der Waals surface area contributed by atoms with Gasteiger partial charge in [0.1, 0.15) is 17.2 Å². The molecule has 34 heavy (non-hydrogen) atoms. The van der Waals surface area contributed by atoms with Crippen LogP contribution >= 0.6 is 0 Å². The highest BCUT2D eigenvalue weighted by Gasteiger charge is 2.17. The Labute approximate surface area is 200 Å². The number of nitrogens with zero attached hydrogens (tertiary/aromatic N) is 3. The van der Waals surface area contributed by atoms with Crippen LogP contribution in [0.25, 0.3) is 11.0 Å². The van der Waals surface area contributed by atoms with Crippen LogP contribution in [0, 0.1) is 0 Å². The highest BCUT2D eigenvalue weighted by molar-refractivity contribution is 5.92. The van der Waals surface area contributed by atoms with Gasteiger partial charge >= 0.3 is 0 Å². The van der Waals surface area contributed by atoms with Gasteiger partial charge in [-0.15, -0.1) is 0 Å². The van der Waals surface area contributed by atoms with Gasteiger partial charge in [0.2, 0.25) is 5.95 Å². The Morgan fingerprint density at radius 2 is 1.65 bits per heavy atom. The third-order valence-electron chi connectivity index (χ3n) is 5.89. The molecular weight excluding hydrogens is 426 g/mol. The largest absolute Gasteiger partial charge is 0.457 e. The highest BCUT2D eigenvalue weighted by atomic mass is 16.5. The number of pyridine rings is 1. The zero-order valence-corrected chi connectivity index (χ0v) is 20.5. The second-order valence-corrected chi connectivity index (χ2v) is 8.95. The SMILES string of the molecule is CNC(=O)c1cc(Oc2ccc3c(c2)nc(Nc2c(C(C)C)cccc2C(C)C)n3C)ccn1. The van der Waals surface area contributed by atoms with Gasteiger partial charge in [-0.3, -0.25) is 9.78 Å². The monoisotopic (exact) mass is 457 g/mol. The first-order valence-electron chi connectivity index (χ1n) is 11.5. The first-order valence-corrected chi connectivity index (χ1v) is 11.5. The van der Waals surface area contributed by atoms with Gasteiger partial charge in [0, 0.05) is 38.1 Å². The molecule has 0 bridgehead atoms. The summed E-state index contributed by atoms with van der Waals surface area (Å²) in [5.74, 6) is 2.45. The number of anilines is 2. The Kier molecular flexibility index (Phi) is 6.54. The summed E-state index contributed by atoms with van der Waals surface area (Å²) in [5.41, 5.74) is 5.77. The van der Waals surface area contributed by atoms with Crippen molar-refractivity contribution in [1.82, 2.24) is 19.9 Å². The van der Waals surface area contributed by atoms with Crippen molar-refractivity contribution in [3.05, 3.63) is 71.5 Å². The number of aryl methyl sites for hydroxylation is 1. The van der Waals surface area contributed by atoms with E-state index >= 15 is 0 Å². The van der Waals surface area contributed by atoms with E-state index in [2.05, 4.69) is 66.1 Å². The molecule has 4 aromatic rings. The average molecular weight is 458 g/mol. The third kappa shape index (κ3) is 4.59. The number of hydrogen-bond acceptors (Lipinski definition) is 5. The van der Waals surface area contributed by atoms with Gasteiger partial charge in [0.25, 0.3) is 5.91 Å². The topological polar surface area (TPSA) is 81.1 Å². The Morgan fingerprint density at radius 3 is 2.29 bits per heavy atom. The molecular formula is C27H31N5O2. The molecule has 0 aliphatic rings. The van der Waals surface area contributed by atoms with Crippen molar-refractivity contribution < 1.29 is 9.53 Å². The molecule has 1 amide bonds. The molecule has 0 saturated heterocycles. The van der Waals surface area contributed by atoms with Gasteiger partial charge in [-0.2, -0.15) is 0 Å². The maximum atomic E-state index is 11.9. The van der Waals surface area contributed by atoms with Crippen LogP contribution in [0.3, 0.4) is 0 Å². The fraction of sp³-hybridized carbons (Fsp3) is 0.296. The van der Waals surface area contributed by atoms with E-state index in [4.69, 9.17) is 9.72 Å². The molecule has 4 rings (SSSR count). The summed E-state index contributed by atoms with van der Waals surface area (Å²) in [6.07, 6.45) is 1.56. The molecule has 2 heterocycles. The first kappa shape index (κ1) is 23.3. The number of ether oxygens (including phenoxy) is 1.